The van der Waals surface area contributed by atoms with Gasteiger partial charge in [-0.2, -0.15) is 17.6 Å². The molecule has 0 atom stereocenters. The number of hydrogen-bond acceptors (Lipinski definition) is 3. The fourth-order valence-electron chi connectivity index (χ4n) is 4.18. The molecule has 1 aliphatic rings. The smallest absolute Gasteiger partial charge is 0.423 e. The van der Waals surface area contributed by atoms with Crippen molar-refractivity contribution in [3.8, 4) is 28.0 Å². The van der Waals surface area contributed by atoms with E-state index in [1.807, 2.05) is 0 Å². The Labute approximate surface area is 214 Å². The summed E-state index contributed by atoms with van der Waals surface area (Å²) < 4.78 is 110. The third kappa shape index (κ3) is 6.54. The van der Waals surface area contributed by atoms with Gasteiger partial charge in [0.05, 0.1) is 19.3 Å². The zero-order valence-electron chi connectivity index (χ0n) is 20.1. The summed E-state index contributed by atoms with van der Waals surface area (Å²) in [4.78, 5) is 0. The van der Waals surface area contributed by atoms with Crippen molar-refractivity contribution in [2.75, 3.05) is 13.2 Å². The minimum atomic E-state index is -4.66. The van der Waals surface area contributed by atoms with E-state index in [4.69, 9.17) is 9.47 Å². The van der Waals surface area contributed by atoms with Crippen LogP contribution in [0.25, 0.3) is 22.3 Å². The molecule has 1 aliphatic heterocycles. The molecule has 10 heteroatoms. The topological polar surface area (TPSA) is 27.7 Å². The molecule has 1 heterocycles. The van der Waals surface area contributed by atoms with Crippen molar-refractivity contribution in [1.29, 1.82) is 0 Å². The van der Waals surface area contributed by atoms with Crippen LogP contribution in [-0.2, 0) is 9.47 Å². The van der Waals surface area contributed by atoms with Gasteiger partial charge in [0.2, 0.25) is 0 Å². The van der Waals surface area contributed by atoms with E-state index in [0.717, 1.165) is 24.5 Å². The number of alkyl halides is 2. The van der Waals surface area contributed by atoms with Crippen LogP contribution in [-0.4, -0.2) is 19.3 Å². The maximum Gasteiger partial charge on any atom is 0.425 e. The number of rotatable bonds is 8. The Morgan fingerprint density at radius 1 is 0.868 bits per heavy atom. The van der Waals surface area contributed by atoms with Gasteiger partial charge >= 0.3 is 6.11 Å². The van der Waals surface area contributed by atoms with Crippen molar-refractivity contribution in [2.24, 2.45) is 5.92 Å². The number of benzene rings is 3. The van der Waals surface area contributed by atoms with Gasteiger partial charge in [0, 0.05) is 17.0 Å². The average Bonchev–Trinajstić information content (AvgIpc) is 2.86. The molecular weight excluding hydrogens is 517 g/mol. The van der Waals surface area contributed by atoms with Gasteiger partial charge in [0.1, 0.15) is 5.82 Å². The van der Waals surface area contributed by atoms with Crippen LogP contribution < -0.4 is 4.74 Å². The SMILES string of the molecule is CCCC1COC(c2ccc(-c3ccc(-c4cc(F)c(OC(F)(F)C=C(F)F)c(F)c4)c(F)c3)cc2)OC1. The van der Waals surface area contributed by atoms with Crippen molar-refractivity contribution in [3.63, 3.8) is 0 Å². The monoisotopic (exact) mass is 540 g/mol. The first-order valence-electron chi connectivity index (χ1n) is 11.8. The van der Waals surface area contributed by atoms with Crippen LogP contribution in [0.15, 0.2) is 66.8 Å². The van der Waals surface area contributed by atoms with Crippen LogP contribution in [0.3, 0.4) is 0 Å². The summed E-state index contributed by atoms with van der Waals surface area (Å²) in [5.74, 6) is -5.25. The van der Waals surface area contributed by atoms with Crippen molar-refractivity contribution in [3.05, 3.63) is 89.8 Å². The Morgan fingerprint density at radius 2 is 1.45 bits per heavy atom. The lowest BCUT2D eigenvalue weighted by molar-refractivity contribution is -0.206. The second-order valence-corrected chi connectivity index (χ2v) is 8.84. The normalized spacial score (nSPS) is 17.8. The fourth-order valence-corrected chi connectivity index (χ4v) is 4.18. The molecule has 0 saturated carbocycles. The highest BCUT2D eigenvalue weighted by atomic mass is 19.3. The molecular formula is C28H23F7O3. The first-order valence-corrected chi connectivity index (χ1v) is 11.8. The van der Waals surface area contributed by atoms with Crippen LogP contribution in [0.1, 0.15) is 31.6 Å². The van der Waals surface area contributed by atoms with Gasteiger partial charge < -0.3 is 14.2 Å². The zero-order chi connectivity index (χ0) is 27.4. The van der Waals surface area contributed by atoms with E-state index in [-0.39, 0.29) is 11.1 Å². The maximum absolute atomic E-state index is 14.9. The molecule has 0 bridgehead atoms. The highest BCUT2D eigenvalue weighted by Gasteiger charge is 2.33. The summed E-state index contributed by atoms with van der Waals surface area (Å²) in [6.45, 7) is 3.32. The van der Waals surface area contributed by atoms with Crippen LogP contribution in [0.5, 0.6) is 5.75 Å². The zero-order valence-corrected chi connectivity index (χ0v) is 20.1. The Kier molecular flexibility index (Phi) is 8.42. The second-order valence-electron chi connectivity index (χ2n) is 8.84. The molecule has 4 rings (SSSR count). The predicted octanol–water partition coefficient (Wildman–Crippen LogP) is 8.65. The largest absolute Gasteiger partial charge is 0.425 e. The molecule has 3 aromatic rings. The van der Waals surface area contributed by atoms with Crippen molar-refractivity contribution in [2.45, 2.75) is 32.2 Å². The Morgan fingerprint density at radius 3 is 2.00 bits per heavy atom. The van der Waals surface area contributed by atoms with Gasteiger partial charge in [-0.25, -0.2) is 13.2 Å². The summed E-state index contributed by atoms with van der Waals surface area (Å²) in [5, 5.41) is 0. The van der Waals surface area contributed by atoms with Crippen LogP contribution in [0, 0.1) is 23.4 Å². The Hall–Kier alpha value is -3.37. The maximum atomic E-state index is 14.9. The van der Waals surface area contributed by atoms with Gasteiger partial charge in [-0.1, -0.05) is 49.7 Å². The van der Waals surface area contributed by atoms with Crippen molar-refractivity contribution in [1.82, 2.24) is 0 Å². The summed E-state index contributed by atoms with van der Waals surface area (Å²) in [5.41, 5.74) is 1.45. The number of hydrogen-bond donors (Lipinski definition) is 0. The fraction of sp³-hybridized carbons (Fsp3) is 0.286. The molecule has 0 aromatic heterocycles. The quantitative estimate of drug-likeness (QED) is 0.268. The van der Waals surface area contributed by atoms with Crippen molar-refractivity contribution < 1.29 is 44.9 Å². The van der Waals surface area contributed by atoms with E-state index < -0.39 is 47.8 Å². The van der Waals surface area contributed by atoms with E-state index in [1.165, 1.54) is 12.1 Å². The highest BCUT2D eigenvalue weighted by molar-refractivity contribution is 5.71. The van der Waals surface area contributed by atoms with E-state index in [1.54, 1.807) is 24.3 Å². The predicted molar refractivity (Wildman–Crippen MR) is 126 cm³/mol. The minimum Gasteiger partial charge on any atom is -0.423 e. The highest BCUT2D eigenvalue weighted by Crippen LogP contribution is 2.35. The number of halogens is 7. The molecule has 3 nitrogen and oxygen atoms in total. The lowest BCUT2D eigenvalue weighted by Crippen LogP contribution is -2.26. The molecule has 3 aromatic carbocycles. The first kappa shape index (κ1) is 27.7. The summed E-state index contributed by atoms with van der Waals surface area (Å²) in [7, 11) is 0. The van der Waals surface area contributed by atoms with Crippen LogP contribution >= 0.6 is 0 Å². The molecule has 0 aliphatic carbocycles. The van der Waals surface area contributed by atoms with Gasteiger partial charge in [0.25, 0.3) is 6.08 Å². The molecule has 0 radical (unpaired) electrons. The molecule has 0 unspecified atom stereocenters. The first-order chi connectivity index (χ1) is 18.1. The van der Waals surface area contributed by atoms with Gasteiger partial charge in [-0.3, -0.25) is 0 Å². The average molecular weight is 540 g/mol. The Balaban J connectivity index is 1.51. The molecule has 38 heavy (non-hydrogen) atoms. The second kappa shape index (κ2) is 11.6. The molecule has 202 valence electrons. The van der Waals surface area contributed by atoms with E-state index in [9.17, 15) is 30.7 Å². The number of ether oxygens (including phenoxy) is 3. The van der Waals surface area contributed by atoms with E-state index in [0.29, 0.717) is 42.4 Å². The molecule has 0 spiro atoms. The molecule has 0 N–H and O–H groups in total. The molecule has 0 amide bonds. The van der Waals surface area contributed by atoms with Gasteiger partial charge in [0.15, 0.2) is 23.7 Å². The lowest BCUT2D eigenvalue weighted by Gasteiger charge is -2.29. The Bertz CT molecular complexity index is 1270. The standard InChI is InChI=1S/C28H23F7O3/c1-2-3-16-14-36-27(37-15-16)18-6-4-17(5-7-18)19-8-9-21(22(29)10-19)20-11-23(30)26(24(31)12-20)38-28(34,35)13-25(32)33/h4-13,16,27H,2-3,14-15H2,1H3. The summed E-state index contributed by atoms with van der Waals surface area (Å²) in [6.07, 6.45) is -6.74. The van der Waals surface area contributed by atoms with E-state index >= 15 is 0 Å². The van der Waals surface area contributed by atoms with Gasteiger partial charge in [-0.05, 0) is 41.3 Å². The molecule has 1 saturated heterocycles. The van der Waals surface area contributed by atoms with E-state index in [2.05, 4.69) is 11.7 Å². The van der Waals surface area contributed by atoms with Crippen LogP contribution in [0.2, 0.25) is 0 Å². The van der Waals surface area contributed by atoms with Crippen molar-refractivity contribution >= 4 is 0 Å². The van der Waals surface area contributed by atoms with Crippen LogP contribution in [0.4, 0.5) is 30.7 Å². The van der Waals surface area contributed by atoms with Gasteiger partial charge in [-0.15, -0.1) is 0 Å². The lowest BCUT2D eigenvalue weighted by atomic mass is 9.98. The minimum absolute atomic E-state index is 0.207. The third-order valence-corrected chi connectivity index (χ3v) is 5.97. The molecule has 1 fully saturated rings. The summed E-state index contributed by atoms with van der Waals surface area (Å²) >= 11 is 0. The summed E-state index contributed by atoms with van der Waals surface area (Å²) in [6, 6.07) is 12.2. The third-order valence-electron chi connectivity index (χ3n) is 5.97.